The summed E-state index contributed by atoms with van der Waals surface area (Å²) < 4.78 is 51.5. The summed E-state index contributed by atoms with van der Waals surface area (Å²) in [5.41, 5.74) is 1.57. The van der Waals surface area contributed by atoms with Gasteiger partial charge in [-0.3, -0.25) is 4.57 Å². The summed E-state index contributed by atoms with van der Waals surface area (Å²) in [5.74, 6) is -0.420. The number of piperidine rings is 1. The molecule has 0 radical (unpaired) electrons. The van der Waals surface area contributed by atoms with Gasteiger partial charge in [-0.05, 0) is 36.4 Å². The Bertz CT molecular complexity index is 1090. The topological polar surface area (TPSA) is 59.6 Å². The molecule has 1 N–H and O–H groups in total. The van der Waals surface area contributed by atoms with Crippen molar-refractivity contribution in [3.05, 3.63) is 53.0 Å². The predicted molar refractivity (Wildman–Crippen MR) is 108 cm³/mol. The summed E-state index contributed by atoms with van der Waals surface area (Å²) in [7, 11) is 2.77. The highest BCUT2D eigenvalue weighted by molar-refractivity contribution is 5.79. The summed E-state index contributed by atoms with van der Waals surface area (Å²) in [6.45, 7) is 0.535. The van der Waals surface area contributed by atoms with Gasteiger partial charge in [0.25, 0.3) is 0 Å². The number of benzene rings is 2. The molecule has 1 aromatic heterocycles. The fraction of sp³-hybridized carbons (Fsp3) is 0.381. The smallest absolute Gasteiger partial charge is 0.408 e. The van der Waals surface area contributed by atoms with Crippen molar-refractivity contribution in [2.75, 3.05) is 30.4 Å². The van der Waals surface area contributed by atoms with Crippen molar-refractivity contribution >= 4 is 28.2 Å². The SMILES string of the molecule is COC1(C(F)(F)F)CCN(c2ccc(Nc3ccc4c(c3)oc(=O)n4C)cc2)CC1. The summed E-state index contributed by atoms with van der Waals surface area (Å²) >= 11 is 0. The zero-order chi connectivity index (χ0) is 21.5. The third-order valence-electron chi connectivity index (χ3n) is 5.79. The average Bonchev–Trinajstić information content (AvgIpc) is 3.01. The standard InChI is InChI=1S/C21H22F3N3O3/c1-26-17-8-5-15(13-18(17)30-19(26)28)25-14-3-6-16(7-4-14)27-11-9-20(29-2,10-12-27)21(22,23)24/h3-8,13,25H,9-12H2,1-2H3. The second-order valence-electron chi connectivity index (χ2n) is 7.46. The minimum absolute atomic E-state index is 0.102. The third-order valence-corrected chi connectivity index (χ3v) is 5.79. The Balaban J connectivity index is 1.44. The molecule has 0 unspecified atom stereocenters. The largest absolute Gasteiger partial charge is 0.419 e. The number of halogens is 3. The molecule has 0 aliphatic carbocycles. The summed E-state index contributed by atoms with van der Waals surface area (Å²) in [4.78, 5) is 13.5. The minimum atomic E-state index is -4.37. The fourth-order valence-corrected chi connectivity index (χ4v) is 3.86. The molecular weight excluding hydrogens is 399 g/mol. The first kappa shape index (κ1) is 20.3. The number of ether oxygens (including phenoxy) is 1. The van der Waals surface area contributed by atoms with Gasteiger partial charge in [-0.2, -0.15) is 13.2 Å². The Morgan fingerprint density at radius 3 is 2.30 bits per heavy atom. The monoisotopic (exact) mass is 421 g/mol. The first-order chi connectivity index (χ1) is 14.2. The van der Waals surface area contributed by atoms with Crippen LogP contribution in [0.1, 0.15) is 12.8 Å². The number of hydrogen-bond donors (Lipinski definition) is 1. The van der Waals surface area contributed by atoms with Crippen LogP contribution >= 0.6 is 0 Å². The van der Waals surface area contributed by atoms with Gasteiger partial charge in [0, 0.05) is 63.2 Å². The lowest BCUT2D eigenvalue weighted by atomic mass is 9.90. The Kier molecular flexibility index (Phi) is 5.01. The van der Waals surface area contributed by atoms with E-state index in [4.69, 9.17) is 9.15 Å². The van der Waals surface area contributed by atoms with Gasteiger partial charge >= 0.3 is 11.9 Å². The van der Waals surface area contributed by atoms with E-state index in [0.717, 1.165) is 24.2 Å². The van der Waals surface area contributed by atoms with E-state index < -0.39 is 17.5 Å². The molecular formula is C21H22F3N3O3. The number of rotatable bonds is 4. The molecule has 9 heteroatoms. The molecule has 1 saturated heterocycles. The Hall–Kier alpha value is -2.94. The lowest BCUT2D eigenvalue weighted by Gasteiger charge is -2.42. The number of methoxy groups -OCH3 is 1. The highest BCUT2D eigenvalue weighted by Gasteiger charge is 2.56. The van der Waals surface area contributed by atoms with Gasteiger partial charge in [0.15, 0.2) is 11.2 Å². The fourth-order valence-electron chi connectivity index (χ4n) is 3.86. The summed E-state index contributed by atoms with van der Waals surface area (Å²) in [6, 6.07) is 12.9. The normalized spacial score (nSPS) is 16.8. The van der Waals surface area contributed by atoms with E-state index in [1.807, 2.05) is 35.2 Å². The zero-order valence-corrected chi connectivity index (χ0v) is 16.6. The van der Waals surface area contributed by atoms with Crippen LogP contribution in [-0.2, 0) is 11.8 Å². The van der Waals surface area contributed by atoms with Crippen LogP contribution in [0, 0.1) is 0 Å². The highest BCUT2D eigenvalue weighted by Crippen LogP contribution is 2.42. The maximum atomic E-state index is 13.3. The van der Waals surface area contributed by atoms with Crippen LogP contribution in [0.5, 0.6) is 0 Å². The first-order valence-electron chi connectivity index (χ1n) is 9.56. The van der Waals surface area contributed by atoms with Gasteiger partial charge in [0.1, 0.15) is 0 Å². The van der Waals surface area contributed by atoms with E-state index in [-0.39, 0.29) is 25.9 Å². The Morgan fingerprint density at radius 1 is 1.07 bits per heavy atom. The van der Waals surface area contributed by atoms with Crippen LogP contribution in [0.25, 0.3) is 11.1 Å². The van der Waals surface area contributed by atoms with Crippen molar-refractivity contribution in [1.29, 1.82) is 0 Å². The van der Waals surface area contributed by atoms with Crippen LogP contribution < -0.4 is 16.0 Å². The quantitative estimate of drug-likeness (QED) is 0.676. The van der Waals surface area contributed by atoms with Crippen molar-refractivity contribution in [2.45, 2.75) is 24.6 Å². The number of fused-ring (bicyclic) bond motifs is 1. The van der Waals surface area contributed by atoms with Gasteiger partial charge in [-0.1, -0.05) is 0 Å². The molecule has 0 saturated carbocycles. The Morgan fingerprint density at radius 2 is 1.70 bits per heavy atom. The van der Waals surface area contributed by atoms with E-state index in [2.05, 4.69) is 5.32 Å². The maximum Gasteiger partial charge on any atom is 0.419 e. The molecule has 0 spiro atoms. The molecule has 2 heterocycles. The van der Waals surface area contributed by atoms with Crippen LogP contribution in [0.4, 0.5) is 30.2 Å². The summed E-state index contributed by atoms with van der Waals surface area (Å²) in [6.07, 6.45) is -4.58. The van der Waals surface area contributed by atoms with E-state index in [0.29, 0.717) is 11.1 Å². The molecule has 1 aliphatic heterocycles. The van der Waals surface area contributed by atoms with E-state index >= 15 is 0 Å². The van der Waals surface area contributed by atoms with Crippen molar-refractivity contribution in [2.24, 2.45) is 7.05 Å². The van der Waals surface area contributed by atoms with Gasteiger partial charge in [-0.15, -0.1) is 0 Å². The molecule has 1 fully saturated rings. The zero-order valence-electron chi connectivity index (χ0n) is 16.6. The number of alkyl halides is 3. The van der Waals surface area contributed by atoms with Gasteiger partial charge < -0.3 is 19.4 Å². The molecule has 0 bridgehead atoms. The number of aryl methyl sites for hydroxylation is 1. The van der Waals surface area contributed by atoms with Crippen LogP contribution in [0.3, 0.4) is 0 Å². The Labute approximate surface area is 170 Å². The molecule has 2 aromatic carbocycles. The second-order valence-corrected chi connectivity index (χ2v) is 7.46. The number of anilines is 3. The lowest BCUT2D eigenvalue weighted by molar-refractivity contribution is -0.276. The van der Waals surface area contributed by atoms with Gasteiger partial charge in [-0.25, -0.2) is 4.79 Å². The number of nitrogens with zero attached hydrogens (tertiary/aromatic N) is 2. The van der Waals surface area contributed by atoms with E-state index in [1.54, 1.807) is 19.2 Å². The first-order valence-corrected chi connectivity index (χ1v) is 9.56. The molecule has 4 rings (SSSR count). The average molecular weight is 421 g/mol. The van der Waals surface area contributed by atoms with Crippen LogP contribution in [0.2, 0.25) is 0 Å². The number of oxazole rings is 1. The minimum Gasteiger partial charge on any atom is -0.408 e. The molecule has 0 amide bonds. The second kappa shape index (κ2) is 7.39. The summed E-state index contributed by atoms with van der Waals surface area (Å²) in [5, 5.41) is 3.24. The van der Waals surface area contributed by atoms with Crippen molar-refractivity contribution in [3.63, 3.8) is 0 Å². The number of aromatic nitrogens is 1. The molecule has 30 heavy (non-hydrogen) atoms. The van der Waals surface area contributed by atoms with Gasteiger partial charge in [0.2, 0.25) is 0 Å². The van der Waals surface area contributed by atoms with Gasteiger partial charge in [0.05, 0.1) is 5.52 Å². The van der Waals surface area contributed by atoms with Crippen LogP contribution in [-0.4, -0.2) is 36.5 Å². The van der Waals surface area contributed by atoms with Crippen molar-refractivity contribution in [1.82, 2.24) is 4.57 Å². The van der Waals surface area contributed by atoms with Crippen LogP contribution in [0.15, 0.2) is 51.7 Å². The molecule has 3 aromatic rings. The molecule has 6 nitrogen and oxygen atoms in total. The maximum absolute atomic E-state index is 13.3. The van der Waals surface area contributed by atoms with Crippen molar-refractivity contribution < 1.29 is 22.3 Å². The van der Waals surface area contributed by atoms with E-state index in [9.17, 15) is 18.0 Å². The predicted octanol–water partition coefficient (Wildman–Crippen LogP) is 4.42. The number of nitrogens with one attached hydrogen (secondary N) is 1. The molecule has 0 atom stereocenters. The third kappa shape index (κ3) is 3.54. The number of hydrogen-bond acceptors (Lipinski definition) is 5. The van der Waals surface area contributed by atoms with Crippen molar-refractivity contribution in [3.8, 4) is 0 Å². The molecule has 160 valence electrons. The molecule has 1 aliphatic rings. The van der Waals surface area contributed by atoms with E-state index in [1.165, 1.54) is 4.57 Å². The lowest BCUT2D eigenvalue weighted by Crippen LogP contribution is -2.54. The highest BCUT2D eigenvalue weighted by atomic mass is 19.4.